The highest BCUT2D eigenvalue weighted by Crippen LogP contribution is 2.35. The number of hydrogen-bond acceptors (Lipinski definition) is 6. The zero-order valence-corrected chi connectivity index (χ0v) is 23.2. The maximum Gasteiger partial charge on any atom is 0.338 e. The fourth-order valence-electron chi connectivity index (χ4n) is 3.95. The van der Waals surface area contributed by atoms with Crippen LogP contribution in [0, 0.1) is 6.92 Å². The summed E-state index contributed by atoms with van der Waals surface area (Å²) in [5, 5.41) is 0.406. The van der Waals surface area contributed by atoms with Gasteiger partial charge >= 0.3 is 5.97 Å². The van der Waals surface area contributed by atoms with Crippen LogP contribution in [0.15, 0.2) is 74.6 Å². The molecule has 0 unspecified atom stereocenters. The molecule has 36 heavy (non-hydrogen) atoms. The molecule has 0 amide bonds. The Balaban J connectivity index is 1.89. The van der Waals surface area contributed by atoms with Gasteiger partial charge < -0.3 is 9.47 Å². The Labute approximate surface area is 226 Å². The van der Waals surface area contributed by atoms with Gasteiger partial charge in [-0.1, -0.05) is 65.4 Å². The summed E-state index contributed by atoms with van der Waals surface area (Å²) < 4.78 is 13.6. The quantitative estimate of drug-likeness (QED) is 0.285. The summed E-state index contributed by atoms with van der Waals surface area (Å²) in [6.07, 6.45) is 3.39. The lowest BCUT2D eigenvalue weighted by molar-refractivity contribution is -0.139. The molecule has 3 aromatic rings. The number of nitrogens with zero attached hydrogens (tertiary/aromatic N) is 2. The predicted molar refractivity (Wildman–Crippen MR) is 146 cm³/mol. The molecule has 0 saturated heterocycles. The maximum absolute atomic E-state index is 13.7. The van der Waals surface area contributed by atoms with Crippen molar-refractivity contribution in [3.63, 3.8) is 0 Å². The number of esters is 1. The van der Waals surface area contributed by atoms with Crippen LogP contribution in [-0.2, 0) is 9.53 Å². The second-order valence-electron chi connectivity index (χ2n) is 8.13. The van der Waals surface area contributed by atoms with Crippen molar-refractivity contribution in [2.75, 3.05) is 13.2 Å². The normalized spacial score (nSPS) is 15.4. The van der Waals surface area contributed by atoms with Gasteiger partial charge in [-0.2, -0.15) is 0 Å². The van der Waals surface area contributed by atoms with E-state index in [1.165, 1.54) is 11.3 Å². The fraction of sp³-hybridized carbons (Fsp3) is 0.222. The van der Waals surface area contributed by atoms with Crippen molar-refractivity contribution in [3.8, 4) is 5.75 Å². The Kier molecular flexibility index (Phi) is 7.97. The van der Waals surface area contributed by atoms with Gasteiger partial charge in [-0.25, -0.2) is 9.79 Å². The van der Waals surface area contributed by atoms with Crippen LogP contribution in [0.4, 0.5) is 0 Å². The van der Waals surface area contributed by atoms with Crippen LogP contribution in [0.3, 0.4) is 0 Å². The van der Waals surface area contributed by atoms with E-state index in [9.17, 15) is 9.59 Å². The summed E-state index contributed by atoms with van der Waals surface area (Å²) in [4.78, 5) is 31.8. The van der Waals surface area contributed by atoms with Crippen LogP contribution in [0.1, 0.15) is 36.6 Å². The third-order valence-electron chi connectivity index (χ3n) is 5.57. The Hall–Kier alpha value is -2.94. The number of aryl methyl sites for hydroxylation is 1. The molecule has 2 heterocycles. The van der Waals surface area contributed by atoms with Crippen molar-refractivity contribution in [1.29, 1.82) is 0 Å². The molecule has 2 aromatic carbocycles. The Bertz CT molecular complexity index is 1530. The molecule has 0 N–H and O–H groups in total. The highest BCUT2D eigenvalue weighted by molar-refractivity contribution is 9.10. The second-order valence-corrected chi connectivity index (χ2v) is 10.4. The molecule has 6 nitrogen and oxygen atoms in total. The van der Waals surface area contributed by atoms with Crippen molar-refractivity contribution in [2.24, 2.45) is 4.99 Å². The van der Waals surface area contributed by atoms with E-state index in [0.717, 1.165) is 16.7 Å². The number of allylic oxidation sites excluding steroid dienone is 1. The van der Waals surface area contributed by atoms with E-state index in [0.29, 0.717) is 42.5 Å². The van der Waals surface area contributed by atoms with Gasteiger partial charge in [0.2, 0.25) is 0 Å². The molecule has 186 valence electrons. The monoisotopic (exact) mass is 586 g/mol. The Morgan fingerprint density at radius 2 is 2.00 bits per heavy atom. The van der Waals surface area contributed by atoms with E-state index in [4.69, 9.17) is 21.1 Å². The molecule has 4 rings (SSSR count). The highest BCUT2D eigenvalue weighted by atomic mass is 79.9. The summed E-state index contributed by atoms with van der Waals surface area (Å²) in [6.45, 7) is 9.69. The second kappa shape index (κ2) is 11.0. The van der Waals surface area contributed by atoms with Crippen LogP contribution in [-0.4, -0.2) is 23.8 Å². The smallest absolute Gasteiger partial charge is 0.338 e. The molecular formula is C27H24BrClN2O4S. The molecule has 9 heteroatoms. The van der Waals surface area contributed by atoms with E-state index in [1.807, 2.05) is 37.3 Å². The van der Waals surface area contributed by atoms with Crippen LogP contribution >= 0.6 is 38.9 Å². The zero-order valence-electron chi connectivity index (χ0n) is 20.0. The van der Waals surface area contributed by atoms with Gasteiger partial charge in [0.25, 0.3) is 5.56 Å². The number of carbonyl (C=O) groups is 1. The fourth-order valence-corrected chi connectivity index (χ4v) is 5.99. The molecule has 0 bridgehead atoms. The Morgan fingerprint density at radius 3 is 2.64 bits per heavy atom. The average molecular weight is 588 g/mol. The molecule has 0 fully saturated rings. The summed E-state index contributed by atoms with van der Waals surface area (Å²) in [7, 11) is 0. The molecule has 0 spiro atoms. The first kappa shape index (κ1) is 26.1. The van der Waals surface area contributed by atoms with Crippen molar-refractivity contribution >= 4 is 50.9 Å². The molecule has 0 aliphatic carbocycles. The minimum atomic E-state index is -0.645. The number of rotatable bonds is 7. The van der Waals surface area contributed by atoms with Gasteiger partial charge in [0, 0.05) is 0 Å². The van der Waals surface area contributed by atoms with Gasteiger partial charge in [-0.15, -0.1) is 0 Å². The number of halogens is 2. The first-order chi connectivity index (χ1) is 17.2. The molecule has 1 aromatic heterocycles. The van der Waals surface area contributed by atoms with E-state index < -0.39 is 12.0 Å². The van der Waals surface area contributed by atoms with E-state index in [1.54, 1.807) is 36.6 Å². The molecule has 1 atom stereocenters. The maximum atomic E-state index is 13.7. The summed E-state index contributed by atoms with van der Waals surface area (Å²) in [5.74, 6) is 0.0219. The van der Waals surface area contributed by atoms with Gasteiger partial charge in [0.05, 0.1) is 37.9 Å². The first-order valence-corrected chi connectivity index (χ1v) is 13.2. The Morgan fingerprint density at radius 1 is 1.28 bits per heavy atom. The van der Waals surface area contributed by atoms with Gasteiger partial charge in [0.1, 0.15) is 6.61 Å². The average Bonchev–Trinajstić information content (AvgIpc) is 3.12. The summed E-state index contributed by atoms with van der Waals surface area (Å²) >= 11 is 11.2. The molecule has 1 aliphatic heterocycles. The third kappa shape index (κ3) is 5.12. The lowest BCUT2D eigenvalue weighted by Crippen LogP contribution is -2.39. The number of benzene rings is 2. The summed E-state index contributed by atoms with van der Waals surface area (Å²) in [6, 6.07) is 10.7. The lowest BCUT2D eigenvalue weighted by Gasteiger charge is -2.24. The largest absolute Gasteiger partial charge is 0.487 e. The number of thiazole rings is 1. The van der Waals surface area contributed by atoms with E-state index in [2.05, 4.69) is 27.5 Å². The van der Waals surface area contributed by atoms with E-state index >= 15 is 0 Å². The standard InChI is InChI=1S/C27H24BrClN2O4S/c1-5-11-35-24-19(28)12-17(13-20(24)29)14-21-25(32)31-23(18-9-7-15(3)8-10-18)22(26(33)34-6-2)16(4)30-27(31)36-21/h5,7-10,12-14,23H,1,6,11H2,2-4H3/b21-14+/t23-/m1/s1. The molecule has 1 aliphatic rings. The number of aromatic nitrogens is 1. The summed E-state index contributed by atoms with van der Waals surface area (Å²) in [5.41, 5.74) is 3.23. The predicted octanol–water partition coefficient (Wildman–Crippen LogP) is 5.09. The SMILES string of the molecule is C=CCOc1c(Cl)cc(/C=c2/sc3n(c2=O)[C@H](c2ccc(C)cc2)C(C(=O)OCC)=C(C)N=3)cc1Br. The lowest BCUT2D eigenvalue weighted by atomic mass is 9.95. The van der Waals surface area contributed by atoms with Gasteiger partial charge in [-0.05, 0) is 66.0 Å². The van der Waals surface area contributed by atoms with Crippen molar-refractivity contribution < 1.29 is 14.3 Å². The minimum Gasteiger partial charge on any atom is -0.487 e. The number of ether oxygens (including phenoxy) is 2. The van der Waals surface area contributed by atoms with Gasteiger partial charge in [-0.3, -0.25) is 9.36 Å². The van der Waals surface area contributed by atoms with Crippen molar-refractivity contribution in [2.45, 2.75) is 26.8 Å². The molecule has 0 radical (unpaired) electrons. The van der Waals surface area contributed by atoms with Crippen molar-refractivity contribution in [3.05, 3.63) is 106 Å². The van der Waals surface area contributed by atoms with Crippen molar-refractivity contribution in [1.82, 2.24) is 4.57 Å². The van der Waals surface area contributed by atoms with Crippen LogP contribution in [0.2, 0.25) is 5.02 Å². The van der Waals surface area contributed by atoms with Crippen LogP contribution in [0.25, 0.3) is 6.08 Å². The zero-order chi connectivity index (χ0) is 26.0. The number of fused-ring (bicyclic) bond motifs is 1. The van der Waals surface area contributed by atoms with E-state index in [-0.39, 0.29) is 12.2 Å². The number of hydrogen-bond donors (Lipinski definition) is 0. The molecular weight excluding hydrogens is 564 g/mol. The first-order valence-electron chi connectivity index (χ1n) is 11.2. The molecule has 0 saturated carbocycles. The highest BCUT2D eigenvalue weighted by Gasteiger charge is 2.33. The number of carbonyl (C=O) groups excluding carboxylic acids is 1. The van der Waals surface area contributed by atoms with Crippen LogP contribution < -0.4 is 19.6 Å². The third-order valence-corrected chi connectivity index (χ3v) is 7.43. The van der Waals surface area contributed by atoms with Crippen LogP contribution in [0.5, 0.6) is 5.75 Å². The topological polar surface area (TPSA) is 69.9 Å². The minimum absolute atomic E-state index is 0.225. The van der Waals surface area contributed by atoms with Gasteiger partial charge in [0.15, 0.2) is 10.6 Å².